The molecule has 1 saturated heterocycles. The fourth-order valence-corrected chi connectivity index (χ4v) is 3.66. The summed E-state index contributed by atoms with van der Waals surface area (Å²) in [5.41, 5.74) is 0.206. The number of carboxylic acid groups (broad SMARTS) is 1. The maximum absolute atomic E-state index is 12.3. The van der Waals surface area contributed by atoms with Crippen LogP contribution in [0.15, 0.2) is 29.2 Å². The van der Waals surface area contributed by atoms with Gasteiger partial charge >= 0.3 is 12.1 Å². The minimum absolute atomic E-state index is 0.0345. The molecule has 0 spiro atoms. The Balaban J connectivity index is 2.09. The number of hydrogen-bond donors (Lipinski definition) is 1. The molecule has 1 amide bonds. The van der Waals surface area contributed by atoms with E-state index in [1.807, 2.05) is 0 Å². The highest BCUT2D eigenvalue weighted by Crippen LogP contribution is 2.28. The molecule has 26 heavy (non-hydrogen) atoms. The second-order valence-electron chi connectivity index (χ2n) is 7.71. The maximum Gasteiger partial charge on any atom is 0.411 e. The Kier molecular flexibility index (Phi) is 5.65. The van der Waals surface area contributed by atoms with E-state index in [1.165, 1.54) is 4.90 Å². The number of aliphatic carboxylic acids is 1. The van der Waals surface area contributed by atoms with E-state index >= 15 is 0 Å². The standard InChI is InChI=1S/C18H25NO6S/c1-18(2,3)25-17(22)19-11-13(10-15(19)16(20)21)9-12-5-7-14(8-6-12)26(4,23)24/h5-8,13,15H,9-11H2,1-4H3,(H,20,21)/t13?,15-/m0/s1. The number of amides is 1. The summed E-state index contributed by atoms with van der Waals surface area (Å²) in [5.74, 6) is -1.08. The van der Waals surface area contributed by atoms with E-state index in [0.29, 0.717) is 19.4 Å². The summed E-state index contributed by atoms with van der Waals surface area (Å²) in [5, 5.41) is 9.42. The van der Waals surface area contributed by atoms with Crippen molar-refractivity contribution in [2.24, 2.45) is 5.92 Å². The normalized spacial score (nSPS) is 20.8. The molecule has 1 aliphatic rings. The third-order valence-corrected chi connectivity index (χ3v) is 5.31. The Morgan fingerprint density at radius 1 is 1.23 bits per heavy atom. The number of carboxylic acids is 1. The molecule has 8 heteroatoms. The molecule has 2 rings (SSSR count). The molecule has 0 aromatic heterocycles. The van der Waals surface area contributed by atoms with Crippen LogP contribution in [0.2, 0.25) is 0 Å². The summed E-state index contributed by atoms with van der Waals surface area (Å²) in [6, 6.07) is 5.62. The van der Waals surface area contributed by atoms with Gasteiger partial charge in [0.05, 0.1) is 4.90 Å². The largest absolute Gasteiger partial charge is 0.480 e. The topological polar surface area (TPSA) is 101 Å². The number of carbonyl (C=O) groups is 2. The molecule has 1 fully saturated rings. The van der Waals surface area contributed by atoms with Crippen molar-refractivity contribution in [1.29, 1.82) is 0 Å². The lowest BCUT2D eigenvalue weighted by molar-refractivity contribution is -0.142. The Labute approximate surface area is 153 Å². The van der Waals surface area contributed by atoms with Crippen molar-refractivity contribution in [3.8, 4) is 0 Å². The lowest BCUT2D eigenvalue weighted by Gasteiger charge is -2.26. The molecule has 1 heterocycles. The first-order valence-corrected chi connectivity index (χ1v) is 10.3. The quantitative estimate of drug-likeness (QED) is 0.856. The lowest BCUT2D eigenvalue weighted by atomic mass is 9.97. The Morgan fingerprint density at radius 2 is 1.81 bits per heavy atom. The predicted molar refractivity (Wildman–Crippen MR) is 95.7 cm³/mol. The smallest absolute Gasteiger partial charge is 0.411 e. The summed E-state index contributed by atoms with van der Waals surface area (Å²) in [6.45, 7) is 5.49. The van der Waals surface area contributed by atoms with Gasteiger partial charge in [-0.25, -0.2) is 18.0 Å². The Bertz CT molecular complexity index is 779. The van der Waals surface area contributed by atoms with E-state index in [2.05, 4.69) is 0 Å². The van der Waals surface area contributed by atoms with Crippen molar-refractivity contribution in [2.75, 3.05) is 12.8 Å². The van der Waals surface area contributed by atoms with Gasteiger partial charge in [0.15, 0.2) is 9.84 Å². The molecule has 0 saturated carbocycles. The van der Waals surface area contributed by atoms with Gasteiger partial charge in [0.25, 0.3) is 0 Å². The molecule has 1 unspecified atom stereocenters. The summed E-state index contributed by atoms with van der Waals surface area (Å²) in [7, 11) is -3.25. The summed E-state index contributed by atoms with van der Waals surface area (Å²) in [4.78, 5) is 25.3. The molecule has 2 atom stereocenters. The van der Waals surface area contributed by atoms with Crippen LogP contribution in [0.1, 0.15) is 32.8 Å². The minimum Gasteiger partial charge on any atom is -0.480 e. The molecule has 0 aliphatic carbocycles. The highest BCUT2D eigenvalue weighted by atomic mass is 32.2. The summed E-state index contributed by atoms with van der Waals surface area (Å²) in [6.07, 6.45) is 1.42. The zero-order chi connectivity index (χ0) is 19.7. The molecule has 1 aromatic rings. The van der Waals surface area contributed by atoms with Crippen molar-refractivity contribution < 1.29 is 27.9 Å². The van der Waals surface area contributed by atoms with Gasteiger partial charge in [-0.05, 0) is 57.2 Å². The first kappa shape index (κ1) is 20.2. The van der Waals surface area contributed by atoms with E-state index < -0.39 is 33.5 Å². The van der Waals surface area contributed by atoms with E-state index in [1.54, 1.807) is 45.0 Å². The van der Waals surface area contributed by atoms with Crippen molar-refractivity contribution in [3.05, 3.63) is 29.8 Å². The highest BCUT2D eigenvalue weighted by molar-refractivity contribution is 7.90. The SMILES string of the molecule is CC(C)(C)OC(=O)N1CC(Cc2ccc(S(C)(=O)=O)cc2)C[C@H]1C(=O)O. The number of sulfone groups is 1. The number of benzene rings is 1. The van der Waals surface area contributed by atoms with Gasteiger partial charge in [-0.2, -0.15) is 0 Å². The van der Waals surface area contributed by atoms with Gasteiger partial charge < -0.3 is 9.84 Å². The van der Waals surface area contributed by atoms with Crippen LogP contribution < -0.4 is 0 Å². The third kappa shape index (κ3) is 5.20. The zero-order valence-corrected chi connectivity index (χ0v) is 16.2. The number of carbonyl (C=O) groups excluding carboxylic acids is 1. The average molecular weight is 383 g/mol. The molecule has 0 bridgehead atoms. The summed E-state index contributed by atoms with van der Waals surface area (Å²) < 4.78 is 28.3. The minimum atomic E-state index is -3.25. The van der Waals surface area contributed by atoms with Crippen molar-refractivity contribution in [2.45, 2.75) is 50.2 Å². The molecule has 144 valence electrons. The monoisotopic (exact) mass is 383 g/mol. The molecule has 1 aliphatic heterocycles. The number of rotatable bonds is 4. The molecular formula is C18H25NO6S. The van der Waals surface area contributed by atoms with Gasteiger partial charge in [0.1, 0.15) is 11.6 Å². The Morgan fingerprint density at radius 3 is 2.27 bits per heavy atom. The van der Waals surface area contributed by atoms with Gasteiger partial charge in [0.2, 0.25) is 0 Å². The number of nitrogens with zero attached hydrogens (tertiary/aromatic N) is 1. The van der Waals surface area contributed by atoms with E-state index in [-0.39, 0.29) is 10.8 Å². The second-order valence-corrected chi connectivity index (χ2v) is 9.72. The van der Waals surface area contributed by atoms with Crippen LogP contribution in [0.5, 0.6) is 0 Å². The molecular weight excluding hydrogens is 358 g/mol. The van der Waals surface area contributed by atoms with Crippen molar-refractivity contribution in [3.63, 3.8) is 0 Å². The molecule has 0 radical (unpaired) electrons. The molecule has 7 nitrogen and oxygen atoms in total. The van der Waals surface area contributed by atoms with Crippen LogP contribution >= 0.6 is 0 Å². The van der Waals surface area contributed by atoms with Crippen LogP contribution in [0.25, 0.3) is 0 Å². The van der Waals surface area contributed by atoms with E-state index in [9.17, 15) is 23.1 Å². The van der Waals surface area contributed by atoms with Crippen LogP contribution in [0, 0.1) is 5.92 Å². The first-order chi connectivity index (χ1) is 11.9. The van der Waals surface area contributed by atoms with Gasteiger partial charge in [-0.3, -0.25) is 4.90 Å². The average Bonchev–Trinajstić information content (AvgIpc) is 2.89. The molecule has 1 aromatic carbocycles. The van der Waals surface area contributed by atoms with Crippen molar-refractivity contribution >= 4 is 21.9 Å². The lowest BCUT2D eigenvalue weighted by Crippen LogP contribution is -2.43. The van der Waals surface area contributed by atoms with E-state index in [4.69, 9.17) is 4.74 Å². The number of likely N-dealkylation sites (tertiary alicyclic amines) is 1. The fraction of sp³-hybridized carbons (Fsp3) is 0.556. The van der Waals surface area contributed by atoms with Gasteiger partial charge in [-0.15, -0.1) is 0 Å². The predicted octanol–water partition coefficient (Wildman–Crippen LogP) is 2.34. The van der Waals surface area contributed by atoms with Crippen LogP contribution in [-0.2, 0) is 25.8 Å². The van der Waals surface area contributed by atoms with Crippen LogP contribution in [0.3, 0.4) is 0 Å². The first-order valence-electron chi connectivity index (χ1n) is 8.38. The van der Waals surface area contributed by atoms with Crippen LogP contribution in [0.4, 0.5) is 4.79 Å². The van der Waals surface area contributed by atoms with Gasteiger partial charge in [-0.1, -0.05) is 12.1 Å². The van der Waals surface area contributed by atoms with Gasteiger partial charge in [0, 0.05) is 12.8 Å². The maximum atomic E-state index is 12.3. The summed E-state index contributed by atoms with van der Waals surface area (Å²) >= 11 is 0. The van der Waals surface area contributed by atoms with Crippen molar-refractivity contribution in [1.82, 2.24) is 4.90 Å². The highest BCUT2D eigenvalue weighted by Gasteiger charge is 2.41. The van der Waals surface area contributed by atoms with Crippen LogP contribution in [-0.4, -0.2) is 54.9 Å². The fourth-order valence-electron chi connectivity index (χ4n) is 3.03. The van der Waals surface area contributed by atoms with E-state index in [0.717, 1.165) is 11.8 Å². The third-order valence-electron chi connectivity index (χ3n) is 4.18. The number of ether oxygens (including phenoxy) is 1. The molecule has 1 N–H and O–H groups in total. The number of hydrogen-bond acceptors (Lipinski definition) is 5. The Hall–Kier alpha value is -2.09. The second kappa shape index (κ2) is 7.26. The zero-order valence-electron chi connectivity index (χ0n) is 15.4.